The molecule has 0 aliphatic heterocycles. The molecule has 134 valence electrons. The Morgan fingerprint density at radius 3 is 2.35 bits per heavy atom. The zero-order valence-corrected chi connectivity index (χ0v) is 14.3. The van der Waals surface area contributed by atoms with Crippen molar-refractivity contribution in [3.63, 3.8) is 0 Å². The molecule has 2 heterocycles. The van der Waals surface area contributed by atoms with Crippen molar-refractivity contribution >= 4 is 11.9 Å². The molecule has 0 aliphatic carbocycles. The highest BCUT2D eigenvalue weighted by Crippen LogP contribution is 2.04. The number of esters is 2. The Morgan fingerprint density at radius 1 is 0.962 bits per heavy atom. The van der Waals surface area contributed by atoms with Gasteiger partial charge in [-0.05, 0) is 30.7 Å². The lowest BCUT2D eigenvalue weighted by molar-refractivity contribution is 0.0464. The van der Waals surface area contributed by atoms with Crippen molar-refractivity contribution < 1.29 is 23.5 Å². The lowest BCUT2D eigenvalue weighted by Gasteiger charge is -2.03. The fourth-order valence-electron chi connectivity index (χ4n) is 1.88. The van der Waals surface area contributed by atoms with Crippen molar-refractivity contribution in [3.8, 4) is 0 Å². The number of rotatable bonds is 5. The minimum atomic E-state index is -0.399. The Balaban J connectivity index is 0.000000209. The first-order chi connectivity index (χ1) is 12.7. The molecule has 3 rings (SSSR count). The van der Waals surface area contributed by atoms with Crippen molar-refractivity contribution in [3.05, 3.63) is 90.1 Å². The van der Waals surface area contributed by atoms with E-state index >= 15 is 0 Å². The summed E-state index contributed by atoms with van der Waals surface area (Å²) in [5.74, 6) is -0.735. The summed E-state index contributed by atoms with van der Waals surface area (Å²) in [5, 5.41) is 0. The van der Waals surface area contributed by atoms with Crippen molar-refractivity contribution in [2.75, 3.05) is 6.61 Å². The molecule has 0 amide bonds. The van der Waals surface area contributed by atoms with E-state index in [0.29, 0.717) is 17.9 Å². The summed E-state index contributed by atoms with van der Waals surface area (Å²) < 4.78 is 14.5. The highest BCUT2D eigenvalue weighted by Gasteiger charge is 2.07. The first kappa shape index (κ1) is 18.9. The fraction of sp³-hybridized carbons (Fsp3) is 0.150. The number of carbonyl (C=O) groups excluding carboxylic acids is 2. The highest BCUT2D eigenvalue weighted by molar-refractivity contribution is 5.88. The molecule has 0 saturated heterocycles. The monoisotopic (exact) mass is 353 g/mol. The number of benzene rings is 1. The predicted octanol–water partition coefficient (Wildman–Crippen LogP) is 3.89. The molecule has 0 bridgehead atoms. The summed E-state index contributed by atoms with van der Waals surface area (Å²) in [6.45, 7) is 2.43. The molecule has 0 radical (unpaired) electrons. The number of carbonyl (C=O) groups is 2. The SMILES string of the molecule is CCOC(=O)c1ccoc1.O=C(OCc1ccccc1)c1ccccn1. The fourth-order valence-corrected chi connectivity index (χ4v) is 1.88. The predicted molar refractivity (Wildman–Crippen MR) is 94.5 cm³/mol. The van der Waals surface area contributed by atoms with Crippen molar-refractivity contribution in [1.82, 2.24) is 4.98 Å². The van der Waals surface area contributed by atoms with Gasteiger partial charge in [0, 0.05) is 6.20 Å². The van der Waals surface area contributed by atoms with E-state index < -0.39 is 5.97 Å². The van der Waals surface area contributed by atoms with E-state index in [1.54, 1.807) is 37.4 Å². The maximum atomic E-state index is 11.5. The lowest BCUT2D eigenvalue weighted by atomic mass is 10.2. The lowest BCUT2D eigenvalue weighted by Crippen LogP contribution is -2.06. The van der Waals surface area contributed by atoms with Gasteiger partial charge in [0.15, 0.2) is 0 Å². The van der Waals surface area contributed by atoms with E-state index in [4.69, 9.17) is 4.74 Å². The Bertz CT molecular complexity index is 786. The zero-order chi connectivity index (χ0) is 18.6. The van der Waals surface area contributed by atoms with Crippen LogP contribution in [0.4, 0.5) is 0 Å². The zero-order valence-electron chi connectivity index (χ0n) is 14.3. The molecule has 2 aromatic heterocycles. The van der Waals surface area contributed by atoms with Crippen molar-refractivity contribution in [1.29, 1.82) is 0 Å². The van der Waals surface area contributed by atoms with Gasteiger partial charge in [-0.2, -0.15) is 0 Å². The van der Waals surface area contributed by atoms with Crippen LogP contribution in [-0.4, -0.2) is 23.5 Å². The third-order valence-corrected chi connectivity index (χ3v) is 3.12. The van der Waals surface area contributed by atoms with E-state index in [1.165, 1.54) is 12.5 Å². The second-order valence-electron chi connectivity index (χ2n) is 5.01. The number of aromatic nitrogens is 1. The Labute approximate surface area is 151 Å². The van der Waals surface area contributed by atoms with E-state index in [0.717, 1.165) is 5.56 Å². The molecule has 0 aliphatic rings. The van der Waals surface area contributed by atoms with Gasteiger partial charge in [-0.25, -0.2) is 14.6 Å². The highest BCUT2D eigenvalue weighted by atomic mass is 16.5. The van der Waals surface area contributed by atoms with E-state index in [9.17, 15) is 9.59 Å². The molecule has 3 aromatic rings. The average Bonchev–Trinajstić information content (AvgIpc) is 3.23. The summed E-state index contributed by atoms with van der Waals surface area (Å²) in [4.78, 5) is 26.3. The molecule has 0 fully saturated rings. The van der Waals surface area contributed by atoms with Crippen LogP contribution in [0.15, 0.2) is 77.7 Å². The summed E-state index contributed by atoms with van der Waals surface area (Å²) in [6.07, 6.45) is 4.36. The minimum absolute atomic E-state index is 0.274. The van der Waals surface area contributed by atoms with E-state index in [2.05, 4.69) is 14.1 Å². The first-order valence-electron chi connectivity index (χ1n) is 8.02. The van der Waals surface area contributed by atoms with Gasteiger partial charge in [-0.3, -0.25) is 0 Å². The quantitative estimate of drug-likeness (QED) is 0.648. The Hall–Kier alpha value is -3.41. The summed E-state index contributed by atoms with van der Waals surface area (Å²) >= 11 is 0. The Morgan fingerprint density at radius 2 is 1.73 bits per heavy atom. The summed E-state index contributed by atoms with van der Waals surface area (Å²) in [5.41, 5.74) is 1.76. The van der Waals surface area contributed by atoms with Crippen LogP contribution in [0.1, 0.15) is 33.3 Å². The molecule has 6 heteroatoms. The van der Waals surface area contributed by atoms with Crippen LogP contribution in [0.3, 0.4) is 0 Å². The standard InChI is InChI=1S/C13H11NO2.C7H8O3/c15-13(12-8-4-5-9-14-12)16-10-11-6-2-1-3-7-11;1-2-10-7(8)6-3-4-9-5-6/h1-9H,10H2;3-5H,2H2,1H3. The number of pyridine rings is 1. The molecule has 0 atom stereocenters. The van der Waals surface area contributed by atoms with E-state index in [-0.39, 0.29) is 12.6 Å². The van der Waals surface area contributed by atoms with Crippen molar-refractivity contribution in [2.45, 2.75) is 13.5 Å². The first-order valence-corrected chi connectivity index (χ1v) is 8.02. The molecule has 1 aromatic carbocycles. The molecule has 0 N–H and O–H groups in total. The van der Waals surface area contributed by atoms with Gasteiger partial charge in [0.05, 0.1) is 18.4 Å². The van der Waals surface area contributed by atoms with Gasteiger partial charge >= 0.3 is 11.9 Å². The number of nitrogens with zero attached hydrogens (tertiary/aromatic N) is 1. The van der Waals surface area contributed by atoms with Gasteiger partial charge in [-0.1, -0.05) is 36.4 Å². The van der Waals surface area contributed by atoms with Crippen LogP contribution in [0.2, 0.25) is 0 Å². The molecular weight excluding hydrogens is 334 g/mol. The van der Waals surface area contributed by atoms with Gasteiger partial charge in [0.1, 0.15) is 18.6 Å². The number of furan rings is 1. The number of ether oxygens (including phenoxy) is 2. The van der Waals surface area contributed by atoms with Crippen LogP contribution in [0.5, 0.6) is 0 Å². The van der Waals surface area contributed by atoms with Gasteiger partial charge in [-0.15, -0.1) is 0 Å². The smallest absolute Gasteiger partial charge is 0.357 e. The van der Waals surface area contributed by atoms with Crippen LogP contribution >= 0.6 is 0 Å². The second-order valence-corrected chi connectivity index (χ2v) is 5.01. The Kier molecular flexibility index (Phi) is 7.61. The molecule has 6 nitrogen and oxygen atoms in total. The summed E-state index contributed by atoms with van der Waals surface area (Å²) in [6, 6.07) is 16.3. The van der Waals surface area contributed by atoms with Crippen LogP contribution < -0.4 is 0 Å². The average molecular weight is 353 g/mol. The van der Waals surface area contributed by atoms with E-state index in [1.807, 2.05) is 30.3 Å². The van der Waals surface area contributed by atoms with Gasteiger partial charge < -0.3 is 13.9 Å². The third-order valence-electron chi connectivity index (χ3n) is 3.12. The summed E-state index contributed by atoms with van der Waals surface area (Å²) in [7, 11) is 0. The van der Waals surface area contributed by atoms with Crippen molar-refractivity contribution in [2.24, 2.45) is 0 Å². The molecule has 0 saturated carbocycles. The number of hydrogen-bond donors (Lipinski definition) is 0. The van der Waals surface area contributed by atoms with Crippen LogP contribution in [0, 0.1) is 0 Å². The van der Waals surface area contributed by atoms with Crippen LogP contribution in [0.25, 0.3) is 0 Å². The maximum absolute atomic E-state index is 11.5. The maximum Gasteiger partial charge on any atom is 0.357 e. The normalized spacial score (nSPS) is 9.58. The minimum Gasteiger partial charge on any atom is -0.472 e. The van der Waals surface area contributed by atoms with Crippen LogP contribution in [-0.2, 0) is 16.1 Å². The molecule has 26 heavy (non-hydrogen) atoms. The number of hydrogen-bond acceptors (Lipinski definition) is 6. The van der Waals surface area contributed by atoms with Gasteiger partial charge in [0.25, 0.3) is 0 Å². The molecular formula is C20H19NO5. The van der Waals surface area contributed by atoms with Gasteiger partial charge in [0.2, 0.25) is 0 Å². The topological polar surface area (TPSA) is 78.6 Å². The second kappa shape index (κ2) is 10.5. The largest absolute Gasteiger partial charge is 0.472 e. The third kappa shape index (κ3) is 6.24. The molecule has 0 unspecified atom stereocenters. The molecule has 0 spiro atoms.